The summed E-state index contributed by atoms with van der Waals surface area (Å²) in [4.78, 5) is 16.3. The van der Waals surface area contributed by atoms with E-state index < -0.39 is 11.7 Å². The number of carbonyl (C=O) groups excluding carboxylic acids is 1. The third-order valence-electron chi connectivity index (χ3n) is 3.08. The van der Waals surface area contributed by atoms with Crippen molar-refractivity contribution in [1.29, 1.82) is 0 Å². The molecule has 0 spiro atoms. The Balaban J connectivity index is 2.29. The van der Waals surface area contributed by atoms with Gasteiger partial charge >= 0.3 is 6.09 Å². The number of ether oxygens (including phenoxy) is 1. The normalized spacial score (nSPS) is 13.2. The van der Waals surface area contributed by atoms with Crippen LogP contribution in [0.4, 0.5) is 9.18 Å². The number of imidazole rings is 1. The van der Waals surface area contributed by atoms with Crippen LogP contribution in [-0.4, -0.2) is 21.2 Å². The van der Waals surface area contributed by atoms with Crippen LogP contribution in [0.3, 0.4) is 0 Å². The van der Waals surface area contributed by atoms with Gasteiger partial charge in [-0.05, 0) is 55.8 Å². The van der Waals surface area contributed by atoms with Gasteiger partial charge in [0, 0.05) is 7.05 Å². The van der Waals surface area contributed by atoms with E-state index in [0.717, 1.165) is 0 Å². The number of carbonyl (C=O) groups is 1. The number of amides is 1. The number of rotatable bonds is 2. The number of halogens is 2. The van der Waals surface area contributed by atoms with Crippen molar-refractivity contribution in [2.75, 3.05) is 0 Å². The van der Waals surface area contributed by atoms with Gasteiger partial charge in [0.15, 0.2) is 0 Å². The van der Waals surface area contributed by atoms with Gasteiger partial charge < -0.3 is 14.6 Å². The van der Waals surface area contributed by atoms with E-state index >= 15 is 0 Å². The molecule has 5 nitrogen and oxygen atoms in total. The zero-order valence-corrected chi connectivity index (χ0v) is 14.8. The first-order valence-electron chi connectivity index (χ1n) is 6.90. The number of aryl methyl sites for hydroxylation is 1. The minimum absolute atomic E-state index is 0.352. The van der Waals surface area contributed by atoms with Crippen LogP contribution in [0.5, 0.6) is 0 Å². The van der Waals surface area contributed by atoms with E-state index in [4.69, 9.17) is 4.74 Å². The Labute approximate surface area is 137 Å². The van der Waals surface area contributed by atoms with Crippen LogP contribution in [0, 0.1) is 5.82 Å². The zero-order chi connectivity index (χ0) is 16.7. The summed E-state index contributed by atoms with van der Waals surface area (Å²) in [5.74, 6) is 0.266. The summed E-state index contributed by atoms with van der Waals surface area (Å²) in [6, 6.07) is 2.59. The number of nitrogens with zero attached hydrogens (tertiary/aromatic N) is 2. The van der Waals surface area contributed by atoms with Gasteiger partial charge in [0.1, 0.15) is 17.2 Å². The lowest BCUT2D eigenvalue weighted by Crippen LogP contribution is -2.34. The topological polar surface area (TPSA) is 56.1 Å². The summed E-state index contributed by atoms with van der Waals surface area (Å²) < 4.78 is 21.0. The highest BCUT2D eigenvalue weighted by Gasteiger charge is 2.22. The second kappa shape index (κ2) is 5.87. The Morgan fingerprint density at radius 3 is 2.68 bits per heavy atom. The second-order valence-corrected chi connectivity index (χ2v) is 6.92. The molecule has 0 fully saturated rings. The summed E-state index contributed by atoms with van der Waals surface area (Å²) in [7, 11) is 1.78. The van der Waals surface area contributed by atoms with E-state index in [9.17, 15) is 9.18 Å². The lowest BCUT2D eigenvalue weighted by molar-refractivity contribution is 0.0505. The average molecular weight is 372 g/mol. The summed E-state index contributed by atoms with van der Waals surface area (Å²) in [6.07, 6.45) is -0.516. The van der Waals surface area contributed by atoms with Crippen molar-refractivity contribution in [1.82, 2.24) is 14.9 Å². The molecule has 0 bridgehead atoms. The maximum absolute atomic E-state index is 13.7. The highest BCUT2D eigenvalue weighted by molar-refractivity contribution is 9.10. The van der Waals surface area contributed by atoms with Crippen molar-refractivity contribution in [2.45, 2.75) is 39.3 Å². The van der Waals surface area contributed by atoms with Crippen LogP contribution in [0.25, 0.3) is 11.0 Å². The quantitative estimate of drug-likeness (QED) is 0.865. The number of hydrogen-bond donors (Lipinski definition) is 1. The van der Waals surface area contributed by atoms with Crippen LogP contribution < -0.4 is 5.32 Å². The molecule has 0 radical (unpaired) electrons. The number of hydrogen-bond acceptors (Lipinski definition) is 3. The van der Waals surface area contributed by atoms with Crippen molar-refractivity contribution in [2.24, 2.45) is 7.05 Å². The van der Waals surface area contributed by atoms with E-state index in [0.29, 0.717) is 21.3 Å². The molecule has 1 heterocycles. The van der Waals surface area contributed by atoms with Crippen molar-refractivity contribution in [3.63, 3.8) is 0 Å². The second-order valence-electron chi connectivity index (χ2n) is 6.13. The van der Waals surface area contributed by atoms with Crippen LogP contribution >= 0.6 is 15.9 Å². The molecule has 1 aromatic carbocycles. The van der Waals surface area contributed by atoms with Crippen LogP contribution in [-0.2, 0) is 11.8 Å². The summed E-state index contributed by atoms with van der Waals surface area (Å²) in [5.41, 5.74) is 0.735. The molecule has 0 saturated carbocycles. The maximum Gasteiger partial charge on any atom is 0.408 e. The van der Waals surface area contributed by atoms with Crippen molar-refractivity contribution >= 4 is 33.1 Å². The highest BCUT2D eigenvalue weighted by Crippen LogP contribution is 2.28. The molecular weight excluding hydrogens is 353 g/mol. The number of fused-ring (bicyclic) bond motifs is 1. The predicted octanol–water partition coefficient (Wildman–Crippen LogP) is 4.06. The number of aromatic nitrogens is 2. The van der Waals surface area contributed by atoms with Gasteiger partial charge in [-0.3, -0.25) is 0 Å². The molecule has 22 heavy (non-hydrogen) atoms. The summed E-state index contributed by atoms with van der Waals surface area (Å²) in [5, 5.41) is 2.74. The van der Waals surface area contributed by atoms with E-state index in [-0.39, 0.29) is 11.9 Å². The van der Waals surface area contributed by atoms with Gasteiger partial charge in [-0.15, -0.1) is 0 Å². The summed E-state index contributed by atoms with van der Waals surface area (Å²) in [6.45, 7) is 7.19. The fourth-order valence-electron chi connectivity index (χ4n) is 2.19. The predicted molar refractivity (Wildman–Crippen MR) is 86.2 cm³/mol. The number of nitrogens with one attached hydrogen (secondary N) is 1. The minimum atomic E-state index is -0.567. The zero-order valence-electron chi connectivity index (χ0n) is 13.2. The lowest BCUT2D eigenvalue weighted by atomic mass is 10.2. The molecule has 1 unspecified atom stereocenters. The Kier molecular flexibility index (Phi) is 4.47. The Hall–Kier alpha value is -1.63. The van der Waals surface area contributed by atoms with E-state index in [2.05, 4.69) is 26.2 Å². The van der Waals surface area contributed by atoms with Crippen molar-refractivity contribution < 1.29 is 13.9 Å². The monoisotopic (exact) mass is 371 g/mol. The van der Waals surface area contributed by atoms with Crippen LogP contribution in [0.2, 0.25) is 0 Å². The first-order chi connectivity index (χ1) is 10.1. The average Bonchev–Trinajstić information content (AvgIpc) is 2.69. The van der Waals surface area contributed by atoms with E-state index in [1.807, 2.05) is 0 Å². The molecule has 0 aliphatic rings. The first kappa shape index (κ1) is 16.7. The fraction of sp³-hybridized carbons (Fsp3) is 0.467. The molecular formula is C15H19BrFN3O2. The van der Waals surface area contributed by atoms with E-state index in [1.54, 1.807) is 45.4 Å². The smallest absolute Gasteiger partial charge is 0.408 e. The van der Waals surface area contributed by atoms with Gasteiger partial charge in [-0.25, -0.2) is 14.2 Å². The third-order valence-corrected chi connectivity index (χ3v) is 3.84. The lowest BCUT2D eigenvalue weighted by Gasteiger charge is -2.21. The van der Waals surface area contributed by atoms with Gasteiger partial charge in [0.05, 0.1) is 21.5 Å². The Morgan fingerprint density at radius 1 is 1.45 bits per heavy atom. The van der Waals surface area contributed by atoms with Crippen LogP contribution in [0.1, 0.15) is 39.6 Å². The highest BCUT2D eigenvalue weighted by atomic mass is 79.9. The Bertz CT molecular complexity index is 722. The summed E-state index contributed by atoms with van der Waals surface area (Å²) >= 11 is 3.24. The van der Waals surface area contributed by atoms with Gasteiger partial charge in [-0.2, -0.15) is 0 Å². The van der Waals surface area contributed by atoms with Crippen LogP contribution in [0.15, 0.2) is 16.6 Å². The van der Waals surface area contributed by atoms with Gasteiger partial charge in [-0.1, -0.05) is 0 Å². The minimum Gasteiger partial charge on any atom is -0.444 e. The third kappa shape index (κ3) is 3.40. The van der Waals surface area contributed by atoms with Gasteiger partial charge in [0.2, 0.25) is 0 Å². The molecule has 1 N–H and O–H groups in total. The standard InChI is InChI=1S/C15H19BrFN3O2/c1-8(18-14(21)22-15(2,3)4)13-19-10-7-6-9(17)11(16)12(10)20(13)5/h6-8H,1-5H3,(H,18,21). The molecule has 0 aliphatic carbocycles. The fourth-order valence-corrected chi connectivity index (χ4v) is 2.79. The van der Waals surface area contributed by atoms with E-state index in [1.165, 1.54) is 6.07 Å². The molecule has 1 atom stereocenters. The molecule has 1 amide bonds. The largest absolute Gasteiger partial charge is 0.444 e. The molecule has 120 valence electrons. The molecule has 7 heteroatoms. The van der Waals surface area contributed by atoms with Gasteiger partial charge in [0.25, 0.3) is 0 Å². The SMILES string of the molecule is CC(NC(=O)OC(C)(C)C)c1nc2ccc(F)c(Br)c2n1C. The van der Waals surface area contributed by atoms with Crippen molar-refractivity contribution in [3.8, 4) is 0 Å². The molecule has 0 saturated heterocycles. The van der Waals surface area contributed by atoms with Crippen molar-refractivity contribution in [3.05, 3.63) is 28.2 Å². The number of alkyl carbamates (subject to hydrolysis) is 1. The first-order valence-corrected chi connectivity index (χ1v) is 7.69. The maximum atomic E-state index is 13.7. The number of benzene rings is 1. The Morgan fingerprint density at radius 2 is 2.09 bits per heavy atom. The molecule has 0 aliphatic heterocycles. The molecule has 1 aromatic heterocycles. The molecule has 2 rings (SSSR count). The molecule has 2 aromatic rings.